The molecule has 29 heavy (non-hydrogen) atoms. The summed E-state index contributed by atoms with van der Waals surface area (Å²) >= 11 is 3.42. The summed E-state index contributed by atoms with van der Waals surface area (Å²) in [4.78, 5) is 12.5. The summed E-state index contributed by atoms with van der Waals surface area (Å²) in [6, 6.07) is 21.0. The van der Waals surface area contributed by atoms with Gasteiger partial charge in [0, 0.05) is 10.0 Å². The molecule has 4 aromatic rings. The van der Waals surface area contributed by atoms with Crippen LogP contribution in [-0.4, -0.2) is 26.7 Å². The molecule has 144 valence electrons. The molecule has 0 aliphatic rings. The molecule has 1 heterocycles. The number of anilines is 2. The number of hydrogen-bond acceptors (Lipinski definition) is 4. The fourth-order valence-electron chi connectivity index (χ4n) is 2.89. The molecule has 0 atom stereocenters. The van der Waals surface area contributed by atoms with E-state index in [1.807, 2.05) is 49.4 Å². The highest BCUT2D eigenvalue weighted by Gasteiger charge is 2.14. The van der Waals surface area contributed by atoms with Crippen LogP contribution in [0.25, 0.3) is 22.5 Å². The zero-order chi connectivity index (χ0) is 20.2. The van der Waals surface area contributed by atoms with Crippen LogP contribution in [0.5, 0.6) is 0 Å². The standard InChI is InChI=1S/C21H17BrN6O/c1-13-6-8-14(9-7-13)15-10-11-18(16(12-15)20-25-27-28-26-20)23-21(29)24-19-5-3-2-4-17(19)22/h2-12H,1H3,(H2,23,24,29)(H,25,26,27,28). The minimum absolute atomic E-state index is 0.367. The van der Waals surface area contributed by atoms with E-state index in [0.29, 0.717) is 22.8 Å². The molecule has 3 aromatic carbocycles. The van der Waals surface area contributed by atoms with E-state index in [2.05, 4.69) is 71.5 Å². The van der Waals surface area contributed by atoms with Gasteiger partial charge in [-0.05, 0) is 68.7 Å². The van der Waals surface area contributed by atoms with Crippen molar-refractivity contribution in [1.29, 1.82) is 0 Å². The Morgan fingerprint density at radius 3 is 2.38 bits per heavy atom. The first-order valence-corrected chi connectivity index (χ1v) is 9.67. The SMILES string of the molecule is Cc1ccc(-c2ccc(NC(=O)Nc3ccccc3Br)c(-c3nnn[nH]3)c2)cc1. The van der Waals surface area contributed by atoms with Gasteiger partial charge in [-0.1, -0.05) is 48.0 Å². The molecule has 7 nitrogen and oxygen atoms in total. The van der Waals surface area contributed by atoms with Crippen molar-refractivity contribution >= 4 is 33.3 Å². The molecule has 0 unspecified atom stereocenters. The number of hydrogen-bond donors (Lipinski definition) is 3. The first-order chi connectivity index (χ1) is 14.1. The van der Waals surface area contributed by atoms with Gasteiger partial charge in [0.2, 0.25) is 0 Å². The van der Waals surface area contributed by atoms with Crippen LogP contribution in [0.2, 0.25) is 0 Å². The second-order valence-electron chi connectivity index (χ2n) is 6.44. The molecule has 0 saturated carbocycles. The summed E-state index contributed by atoms with van der Waals surface area (Å²) in [6.45, 7) is 2.05. The van der Waals surface area contributed by atoms with Crippen LogP contribution in [0, 0.1) is 6.92 Å². The molecular formula is C21H17BrN6O. The summed E-state index contributed by atoms with van der Waals surface area (Å²) in [5, 5.41) is 19.8. The smallest absolute Gasteiger partial charge is 0.307 e. The van der Waals surface area contributed by atoms with Crippen molar-refractivity contribution in [3.8, 4) is 22.5 Å². The number of para-hydroxylation sites is 1. The Morgan fingerprint density at radius 1 is 0.931 bits per heavy atom. The molecule has 0 aliphatic heterocycles. The minimum Gasteiger partial charge on any atom is -0.307 e. The number of carbonyl (C=O) groups is 1. The largest absolute Gasteiger partial charge is 0.323 e. The van der Waals surface area contributed by atoms with E-state index < -0.39 is 0 Å². The first-order valence-electron chi connectivity index (χ1n) is 8.88. The maximum absolute atomic E-state index is 12.5. The number of nitrogens with zero attached hydrogens (tertiary/aromatic N) is 3. The van der Waals surface area contributed by atoms with E-state index in [-0.39, 0.29) is 6.03 Å². The second kappa shape index (κ2) is 8.24. The number of H-pyrrole nitrogens is 1. The van der Waals surface area contributed by atoms with Gasteiger partial charge in [-0.15, -0.1) is 5.10 Å². The first kappa shape index (κ1) is 18.8. The molecule has 0 spiro atoms. The van der Waals surface area contributed by atoms with Gasteiger partial charge < -0.3 is 10.6 Å². The number of amides is 2. The monoisotopic (exact) mass is 448 g/mol. The lowest BCUT2D eigenvalue weighted by molar-refractivity contribution is 0.262. The number of aromatic nitrogens is 4. The number of aryl methyl sites for hydroxylation is 1. The third kappa shape index (κ3) is 4.33. The van der Waals surface area contributed by atoms with Crippen molar-refractivity contribution in [3.05, 3.63) is 76.8 Å². The predicted octanol–water partition coefficient (Wildman–Crippen LogP) is 5.25. The third-order valence-electron chi connectivity index (χ3n) is 4.38. The Bertz CT molecular complexity index is 1140. The summed E-state index contributed by atoms with van der Waals surface area (Å²) < 4.78 is 0.796. The van der Waals surface area contributed by atoms with Crippen LogP contribution in [0.1, 0.15) is 5.56 Å². The summed E-state index contributed by atoms with van der Waals surface area (Å²) in [5.41, 5.74) is 5.20. The number of urea groups is 1. The Kier molecular flexibility index (Phi) is 5.35. The van der Waals surface area contributed by atoms with E-state index in [1.165, 1.54) is 5.56 Å². The lowest BCUT2D eigenvalue weighted by Crippen LogP contribution is -2.20. The summed E-state index contributed by atoms with van der Waals surface area (Å²) in [5.74, 6) is 0.468. The third-order valence-corrected chi connectivity index (χ3v) is 5.07. The number of tetrazole rings is 1. The molecule has 2 amide bonds. The van der Waals surface area contributed by atoms with E-state index in [9.17, 15) is 4.79 Å². The Balaban J connectivity index is 1.65. The van der Waals surface area contributed by atoms with E-state index >= 15 is 0 Å². The number of nitrogens with one attached hydrogen (secondary N) is 3. The van der Waals surface area contributed by atoms with Gasteiger partial charge in [0.25, 0.3) is 0 Å². The zero-order valence-electron chi connectivity index (χ0n) is 15.5. The van der Waals surface area contributed by atoms with Crippen molar-refractivity contribution < 1.29 is 4.79 Å². The number of halogens is 1. The topological polar surface area (TPSA) is 95.6 Å². The van der Waals surface area contributed by atoms with Crippen LogP contribution in [-0.2, 0) is 0 Å². The number of carbonyl (C=O) groups excluding carboxylic acids is 1. The fourth-order valence-corrected chi connectivity index (χ4v) is 3.27. The van der Waals surface area contributed by atoms with Crippen LogP contribution < -0.4 is 10.6 Å². The molecule has 0 saturated heterocycles. The normalized spacial score (nSPS) is 10.6. The van der Waals surface area contributed by atoms with Gasteiger partial charge >= 0.3 is 6.03 Å². The highest BCUT2D eigenvalue weighted by Crippen LogP contribution is 2.31. The lowest BCUT2D eigenvalue weighted by atomic mass is 10.0. The van der Waals surface area contributed by atoms with Gasteiger partial charge in [-0.2, -0.15) is 0 Å². The minimum atomic E-state index is -0.367. The number of benzene rings is 3. The highest BCUT2D eigenvalue weighted by atomic mass is 79.9. The van der Waals surface area contributed by atoms with Gasteiger partial charge in [-0.3, -0.25) is 0 Å². The van der Waals surface area contributed by atoms with Crippen molar-refractivity contribution in [3.63, 3.8) is 0 Å². The molecule has 0 radical (unpaired) electrons. The molecule has 0 fully saturated rings. The Labute approximate surface area is 175 Å². The average molecular weight is 449 g/mol. The summed E-state index contributed by atoms with van der Waals surface area (Å²) in [7, 11) is 0. The molecule has 1 aromatic heterocycles. The van der Waals surface area contributed by atoms with Gasteiger partial charge in [0.15, 0.2) is 5.82 Å². The molecule has 0 aliphatic carbocycles. The maximum Gasteiger partial charge on any atom is 0.323 e. The highest BCUT2D eigenvalue weighted by molar-refractivity contribution is 9.10. The van der Waals surface area contributed by atoms with E-state index in [0.717, 1.165) is 15.6 Å². The van der Waals surface area contributed by atoms with Crippen LogP contribution in [0.15, 0.2) is 71.2 Å². The molecule has 3 N–H and O–H groups in total. The predicted molar refractivity (Wildman–Crippen MR) is 117 cm³/mol. The second-order valence-corrected chi connectivity index (χ2v) is 7.29. The van der Waals surface area contributed by atoms with Gasteiger partial charge in [0.05, 0.1) is 11.4 Å². The molecule has 0 bridgehead atoms. The van der Waals surface area contributed by atoms with Crippen LogP contribution >= 0.6 is 15.9 Å². The molecular weight excluding hydrogens is 432 g/mol. The van der Waals surface area contributed by atoms with Gasteiger partial charge in [0.1, 0.15) is 0 Å². The Hall–Kier alpha value is -3.52. The lowest BCUT2D eigenvalue weighted by Gasteiger charge is -2.13. The van der Waals surface area contributed by atoms with Crippen molar-refractivity contribution in [2.24, 2.45) is 0 Å². The molecule has 8 heteroatoms. The zero-order valence-corrected chi connectivity index (χ0v) is 17.1. The van der Waals surface area contributed by atoms with Crippen LogP contribution in [0.4, 0.5) is 16.2 Å². The van der Waals surface area contributed by atoms with E-state index in [1.54, 1.807) is 0 Å². The van der Waals surface area contributed by atoms with Crippen molar-refractivity contribution in [2.75, 3.05) is 10.6 Å². The molecule has 4 rings (SSSR count). The van der Waals surface area contributed by atoms with Crippen LogP contribution in [0.3, 0.4) is 0 Å². The fraction of sp³-hybridized carbons (Fsp3) is 0.0476. The quantitative estimate of drug-likeness (QED) is 0.397. The van der Waals surface area contributed by atoms with E-state index in [4.69, 9.17) is 0 Å². The number of aromatic amines is 1. The number of rotatable bonds is 4. The maximum atomic E-state index is 12.5. The van der Waals surface area contributed by atoms with Crippen molar-refractivity contribution in [1.82, 2.24) is 20.6 Å². The van der Waals surface area contributed by atoms with Gasteiger partial charge in [-0.25, -0.2) is 9.89 Å². The average Bonchev–Trinajstić information content (AvgIpc) is 3.25. The summed E-state index contributed by atoms with van der Waals surface area (Å²) in [6.07, 6.45) is 0. The Morgan fingerprint density at radius 2 is 1.66 bits per heavy atom. The van der Waals surface area contributed by atoms with Crippen molar-refractivity contribution in [2.45, 2.75) is 6.92 Å².